The highest BCUT2D eigenvalue weighted by Crippen LogP contribution is 2.20. The molecule has 0 atom stereocenters. The van der Waals surface area contributed by atoms with Gasteiger partial charge in [0.2, 0.25) is 5.88 Å². The zero-order valence-corrected chi connectivity index (χ0v) is 9.05. The first kappa shape index (κ1) is 10.4. The largest absolute Gasteiger partial charge is 0.480 e. The highest BCUT2D eigenvalue weighted by Gasteiger charge is 2.01. The van der Waals surface area contributed by atoms with Crippen LogP contribution in [0.4, 0.5) is 5.69 Å². The number of nitrogens with one attached hydrogen (secondary N) is 1. The van der Waals surface area contributed by atoms with Gasteiger partial charge in [-0.25, -0.2) is 4.98 Å². The van der Waals surface area contributed by atoms with Crippen LogP contribution in [0.3, 0.4) is 0 Å². The molecule has 0 fully saturated rings. The van der Waals surface area contributed by atoms with Gasteiger partial charge in [0.1, 0.15) is 0 Å². The maximum Gasteiger partial charge on any atom is 0.237 e. The summed E-state index contributed by atoms with van der Waals surface area (Å²) in [5.74, 6) is 0.603. The SMILES string of the molecule is COc1ncccc1NCc1cccnc1. The van der Waals surface area contributed by atoms with Crippen LogP contribution in [0, 0.1) is 0 Å². The second kappa shape index (κ2) is 5.11. The van der Waals surface area contributed by atoms with E-state index in [4.69, 9.17) is 4.74 Å². The van der Waals surface area contributed by atoms with E-state index in [-0.39, 0.29) is 0 Å². The van der Waals surface area contributed by atoms with Gasteiger partial charge in [-0.2, -0.15) is 0 Å². The van der Waals surface area contributed by atoms with Crippen molar-refractivity contribution in [1.29, 1.82) is 0 Å². The van der Waals surface area contributed by atoms with Gasteiger partial charge in [-0.1, -0.05) is 6.07 Å². The fourth-order valence-corrected chi connectivity index (χ4v) is 1.39. The summed E-state index contributed by atoms with van der Waals surface area (Å²) in [6, 6.07) is 7.73. The Morgan fingerprint density at radius 3 is 2.88 bits per heavy atom. The van der Waals surface area contributed by atoms with Crippen molar-refractivity contribution < 1.29 is 4.74 Å². The van der Waals surface area contributed by atoms with E-state index in [1.165, 1.54) is 0 Å². The fourth-order valence-electron chi connectivity index (χ4n) is 1.39. The molecule has 0 radical (unpaired) electrons. The zero-order chi connectivity index (χ0) is 11.2. The van der Waals surface area contributed by atoms with Gasteiger partial charge in [0, 0.05) is 25.1 Å². The fraction of sp³-hybridized carbons (Fsp3) is 0.167. The smallest absolute Gasteiger partial charge is 0.237 e. The van der Waals surface area contributed by atoms with Crippen LogP contribution in [0.2, 0.25) is 0 Å². The lowest BCUT2D eigenvalue weighted by Gasteiger charge is -2.09. The van der Waals surface area contributed by atoms with Gasteiger partial charge in [0.05, 0.1) is 12.8 Å². The lowest BCUT2D eigenvalue weighted by molar-refractivity contribution is 0.399. The van der Waals surface area contributed by atoms with Gasteiger partial charge in [0.15, 0.2) is 0 Å². The molecule has 4 heteroatoms. The molecule has 0 aliphatic heterocycles. The Morgan fingerprint density at radius 2 is 2.12 bits per heavy atom. The number of hydrogen-bond acceptors (Lipinski definition) is 4. The average molecular weight is 215 g/mol. The number of hydrogen-bond donors (Lipinski definition) is 1. The van der Waals surface area contributed by atoms with Crippen molar-refractivity contribution in [2.24, 2.45) is 0 Å². The molecular weight excluding hydrogens is 202 g/mol. The Kier molecular flexibility index (Phi) is 3.33. The van der Waals surface area contributed by atoms with Crippen molar-refractivity contribution in [2.75, 3.05) is 12.4 Å². The first-order valence-corrected chi connectivity index (χ1v) is 5.02. The van der Waals surface area contributed by atoms with E-state index < -0.39 is 0 Å². The summed E-state index contributed by atoms with van der Waals surface area (Å²) in [6.07, 6.45) is 5.29. The molecule has 0 aromatic carbocycles. The highest BCUT2D eigenvalue weighted by atomic mass is 16.5. The third-order valence-electron chi connectivity index (χ3n) is 2.17. The molecule has 0 unspecified atom stereocenters. The second-order valence-corrected chi connectivity index (χ2v) is 3.28. The monoisotopic (exact) mass is 215 g/mol. The molecule has 0 amide bonds. The van der Waals surface area contributed by atoms with E-state index >= 15 is 0 Å². The number of pyridine rings is 2. The summed E-state index contributed by atoms with van der Waals surface area (Å²) in [5, 5.41) is 3.25. The number of nitrogens with zero attached hydrogens (tertiary/aromatic N) is 2. The predicted molar refractivity (Wildman–Crippen MR) is 62.4 cm³/mol. The third kappa shape index (κ3) is 2.48. The maximum absolute atomic E-state index is 5.14. The van der Waals surface area contributed by atoms with Gasteiger partial charge in [-0.05, 0) is 23.8 Å². The number of aromatic nitrogens is 2. The normalized spacial score (nSPS) is 9.81. The Bertz CT molecular complexity index is 445. The Balaban J connectivity index is 2.05. The Labute approximate surface area is 94.3 Å². The molecular formula is C12H13N3O. The Hall–Kier alpha value is -2.10. The van der Waals surface area contributed by atoms with E-state index in [2.05, 4.69) is 15.3 Å². The summed E-state index contributed by atoms with van der Waals surface area (Å²) >= 11 is 0. The van der Waals surface area contributed by atoms with Crippen molar-refractivity contribution in [1.82, 2.24) is 9.97 Å². The van der Waals surface area contributed by atoms with Gasteiger partial charge in [0.25, 0.3) is 0 Å². The molecule has 1 N–H and O–H groups in total. The molecule has 0 spiro atoms. The van der Waals surface area contributed by atoms with Crippen LogP contribution in [0.1, 0.15) is 5.56 Å². The van der Waals surface area contributed by atoms with Crippen molar-refractivity contribution >= 4 is 5.69 Å². The number of ether oxygens (including phenoxy) is 1. The maximum atomic E-state index is 5.14. The molecule has 0 saturated heterocycles. The molecule has 0 aliphatic rings. The molecule has 2 aromatic heterocycles. The lowest BCUT2D eigenvalue weighted by atomic mass is 10.3. The molecule has 0 saturated carbocycles. The van der Waals surface area contributed by atoms with E-state index in [0.717, 1.165) is 11.3 Å². The van der Waals surface area contributed by atoms with Crippen molar-refractivity contribution in [3.63, 3.8) is 0 Å². The number of anilines is 1. The minimum Gasteiger partial charge on any atom is -0.480 e. The van der Waals surface area contributed by atoms with Crippen LogP contribution in [0.15, 0.2) is 42.9 Å². The lowest BCUT2D eigenvalue weighted by Crippen LogP contribution is -2.02. The minimum atomic E-state index is 0.603. The van der Waals surface area contributed by atoms with Crippen molar-refractivity contribution in [3.8, 4) is 5.88 Å². The van der Waals surface area contributed by atoms with Gasteiger partial charge < -0.3 is 10.1 Å². The summed E-state index contributed by atoms with van der Waals surface area (Å²) in [5.41, 5.74) is 2.00. The van der Waals surface area contributed by atoms with E-state index in [9.17, 15) is 0 Å². The third-order valence-corrected chi connectivity index (χ3v) is 2.17. The number of rotatable bonds is 4. The first-order chi connectivity index (χ1) is 7.90. The molecule has 2 rings (SSSR count). The van der Waals surface area contributed by atoms with Crippen LogP contribution in [0.25, 0.3) is 0 Å². The van der Waals surface area contributed by atoms with E-state index in [0.29, 0.717) is 12.4 Å². The minimum absolute atomic E-state index is 0.603. The van der Waals surface area contributed by atoms with Gasteiger partial charge in [-0.15, -0.1) is 0 Å². The topological polar surface area (TPSA) is 47.0 Å². The van der Waals surface area contributed by atoms with Crippen LogP contribution in [0.5, 0.6) is 5.88 Å². The highest BCUT2D eigenvalue weighted by molar-refractivity contribution is 5.52. The second-order valence-electron chi connectivity index (χ2n) is 3.28. The molecule has 0 bridgehead atoms. The summed E-state index contributed by atoms with van der Waals surface area (Å²) in [7, 11) is 1.61. The van der Waals surface area contributed by atoms with Gasteiger partial charge in [-0.3, -0.25) is 4.98 Å². The average Bonchev–Trinajstić information content (AvgIpc) is 2.38. The number of methoxy groups -OCH3 is 1. The van der Waals surface area contributed by atoms with Crippen molar-refractivity contribution in [2.45, 2.75) is 6.54 Å². The summed E-state index contributed by atoms with van der Waals surface area (Å²) in [4.78, 5) is 8.16. The summed E-state index contributed by atoms with van der Waals surface area (Å²) in [6.45, 7) is 0.704. The van der Waals surface area contributed by atoms with E-state index in [1.807, 2.05) is 30.5 Å². The zero-order valence-electron chi connectivity index (χ0n) is 9.05. The molecule has 2 heterocycles. The van der Waals surface area contributed by atoms with Crippen LogP contribution in [-0.4, -0.2) is 17.1 Å². The molecule has 2 aromatic rings. The Morgan fingerprint density at radius 1 is 1.25 bits per heavy atom. The molecule has 82 valence electrons. The van der Waals surface area contributed by atoms with Gasteiger partial charge >= 0.3 is 0 Å². The predicted octanol–water partition coefficient (Wildman–Crippen LogP) is 2.10. The van der Waals surface area contributed by atoms with E-state index in [1.54, 1.807) is 19.5 Å². The van der Waals surface area contributed by atoms with Crippen LogP contribution < -0.4 is 10.1 Å². The van der Waals surface area contributed by atoms with Crippen LogP contribution in [-0.2, 0) is 6.54 Å². The van der Waals surface area contributed by atoms with Crippen LogP contribution >= 0.6 is 0 Å². The summed E-state index contributed by atoms with van der Waals surface area (Å²) < 4.78 is 5.14. The first-order valence-electron chi connectivity index (χ1n) is 5.02. The standard InChI is InChI=1S/C12H13N3O/c1-16-12-11(5-3-7-14-12)15-9-10-4-2-6-13-8-10/h2-8,15H,9H2,1H3. The molecule has 0 aliphatic carbocycles. The molecule has 4 nitrogen and oxygen atoms in total. The quantitative estimate of drug-likeness (QED) is 0.848. The molecule has 16 heavy (non-hydrogen) atoms. The van der Waals surface area contributed by atoms with Crippen molar-refractivity contribution in [3.05, 3.63) is 48.4 Å².